The monoisotopic (exact) mass is 287 g/mol. The number of ether oxygens (including phenoxy) is 1. The quantitative estimate of drug-likeness (QED) is 0.864. The number of nitrogens with one attached hydrogen (secondary N) is 1. The Morgan fingerprint density at radius 2 is 1.90 bits per heavy atom. The molecule has 0 bridgehead atoms. The van der Waals surface area contributed by atoms with Crippen LogP contribution in [0.15, 0.2) is 42.5 Å². The van der Waals surface area contributed by atoms with Crippen molar-refractivity contribution in [2.24, 2.45) is 0 Å². The van der Waals surface area contributed by atoms with Gasteiger partial charge in [-0.25, -0.2) is 4.39 Å². The van der Waals surface area contributed by atoms with Crippen LogP contribution in [-0.2, 0) is 6.42 Å². The maximum atomic E-state index is 14.0. The molecule has 0 aliphatic rings. The SMILES string of the molecule is CCNC(c1ccc(OC)c(F)c1)c1ccccc1CC. The van der Waals surface area contributed by atoms with Gasteiger partial charge in [-0.2, -0.15) is 0 Å². The van der Waals surface area contributed by atoms with Crippen molar-refractivity contribution in [3.05, 3.63) is 65.0 Å². The molecule has 2 aromatic carbocycles. The lowest BCUT2D eigenvalue weighted by Gasteiger charge is -2.22. The van der Waals surface area contributed by atoms with Crippen LogP contribution in [0.5, 0.6) is 5.75 Å². The third-order valence-corrected chi connectivity index (χ3v) is 3.66. The van der Waals surface area contributed by atoms with Crippen LogP contribution in [0.4, 0.5) is 4.39 Å². The van der Waals surface area contributed by atoms with E-state index in [9.17, 15) is 4.39 Å². The summed E-state index contributed by atoms with van der Waals surface area (Å²) < 4.78 is 19.0. The summed E-state index contributed by atoms with van der Waals surface area (Å²) in [6.45, 7) is 5.01. The van der Waals surface area contributed by atoms with Gasteiger partial charge in [-0.15, -0.1) is 0 Å². The molecule has 0 radical (unpaired) electrons. The minimum Gasteiger partial charge on any atom is -0.494 e. The summed E-state index contributed by atoms with van der Waals surface area (Å²) in [7, 11) is 1.48. The molecule has 0 fully saturated rings. The normalized spacial score (nSPS) is 12.2. The highest BCUT2D eigenvalue weighted by atomic mass is 19.1. The molecule has 0 aliphatic heterocycles. The molecule has 0 heterocycles. The van der Waals surface area contributed by atoms with Crippen LogP contribution in [0.2, 0.25) is 0 Å². The van der Waals surface area contributed by atoms with Crippen LogP contribution >= 0.6 is 0 Å². The molecule has 1 atom stereocenters. The van der Waals surface area contributed by atoms with Gasteiger partial charge >= 0.3 is 0 Å². The fourth-order valence-electron chi connectivity index (χ4n) is 2.61. The van der Waals surface area contributed by atoms with E-state index in [1.165, 1.54) is 18.2 Å². The number of hydrogen-bond acceptors (Lipinski definition) is 2. The highest BCUT2D eigenvalue weighted by molar-refractivity contribution is 5.40. The summed E-state index contributed by atoms with van der Waals surface area (Å²) in [5, 5.41) is 3.45. The van der Waals surface area contributed by atoms with Crippen molar-refractivity contribution in [2.45, 2.75) is 26.3 Å². The van der Waals surface area contributed by atoms with Crippen LogP contribution in [0.1, 0.15) is 36.6 Å². The van der Waals surface area contributed by atoms with Crippen molar-refractivity contribution < 1.29 is 9.13 Å². The van der Waals surface area contributed by atoms with Crippen molar-refractivity contribution in [3.8, 4) is 5.75 Å². The summed E-state index contributed by atoms with van der Waals surface area (Å²) in [5.74, 6) is -0.0512. The van der Waals surface area contributed by atoms with Crippen molar-refractivity contribution in [1.82, 2.24) is 5.32 Å². The van der Waals surface area contributed by atoms with Gasteiger partial charge in [-0.1, -0.05) is 44.2 Å². The highest BCUT2D eigenvalue weighted by Crippen LogP contribution is 2.28. The van der Waals surface area contributed by atoms with E-state index in [-0.39, 0.29) is 17.6 Å². The molecule has 112 valence electrons. The van der Waals surface area contributed by atoms with Crippen LogP contribution in [-0.4, -0.2) is 13.7 Å². The summed E-state index contributed by atoms with van der Waals surface area (Å²) in [6, 6.07) is 13.4. The summed E-state index contributed by atoms with van der Waals surface area (Å²) >= 11 is 0. The van der Waals surface area contributed by atoms with Gasteiger partial charge in [0, 0.05) is 0 Å². The van der Waals surface area contributed by atoms with E-state index in [0.717, 1.165) is 18.5 Å². The first-order chi connectivity index (χ1) is 10.2. The minimum atomic E-state index is -0.327. The lowest BCUT2D eigenvalue weighted by atomic mass is 9.93. The first-order valence-corrected chi connectivity index (χ1v) is 7.35. The Kier molecular flexibility index (Phi) is 5.34. The average Bonchev–Trinajstić information content (AvgIpc) is 2.52. The Labute approximate surface area is 126 Å². The third kappa shape index (κ3) is 3.42. The average molecular weight is 287 g/mol. The molecule has 1 unspecified atom stereocenters. The van der Waals surface area contributed by atoms with Gasteiger partial charge in [0.15, 0.2) is 11.6 Å². The molecule has 1 N–H and O–H groups in total. The lowest BCUT2D eigenvalue weighted by Crippen LogP contribution is -2.23. The van der Waals surface area contributed by atoms with Gasteiger partial charge in [0.25, 0.3) is 0 Å². The predicted octanol–water partition coefficient (Wildman–Crippen LogP) is 4.10. The summed E-state index contributed by atoms with van der Waals surface area (Å²) in [4.78, 5) is 0. The second-order valence-corrected chi connectivity index (χ2v) is 4.94. The van der Waals surface area contributed by atoms with Crippen LogP contribution in [0.3, 0.4) is 0 Å². The number of methoxy groups -OCH3 is 1. The molecule has 2 aromatic rings. The molecule has 0 aliphatic carbocycles. The standard InChI is InChI=1S/C18H22FNO/c1-4-13-8-6-7-9-15(13)18(20-5-2)14-10-11-17(21-3)16(19)12-14/h6-12,18,20H,4-5H2,1-3H3. The minimum absolute atomic E-state index is 0.00782. The Bertz CT molecular complexity index is 598. The second-order valence-electron chi connectivity index (χ2n) is 4.94. The number of aryl methyl sites for hydroxylation is 1. The number of benzene rings is 2. The summed E-state index contributed by atoms with van der Waals surface area (Å²) in [6.07, 6.45) is 0.955. The predicted molar refractivity (Wildman–Crippen MR) is 84.3 cm³/mol. The Morgan fingerprint density at radius 1 is 1.14 bits per heavy atom. The van der Waals surface area contributed by atoms with E-state index in [0.29, 0.717) is 0 Å². The zero-order valence-electron chi connectivity index (χ0n) is 12.8. The van der Waals surface area contributed by atoms with Crippen molar-refractivity contribution >= 4 is 0 Å². The molecular weight excluding hydrogens is 265 g/mol. The molecule has 21 heavy (non-hydrogen) atoms. The van der Waals surface area contributed by atoms with Gasteiger partial charge in [0.1, 0.15) is 0 Å². The molecular formula is C18H22FNO. The molecule has 0 aromatic heterocycles. The van der Waals surface area contributed by atoms with Gasteiger partial charge in [0.2, 0.25) is 0 Å². The molecule has 0 amide bonds. The molecule has 3 heteroatoms. The van der Waals surface area contributed by atoms with Gasteiger partial charge < -0.3 is 10.1 Å². The lowest BCUT2D eigenvalue weighted by molar-refractivity contribution is 0.385. The van der Waals surface area contributed by atoms with Crippen LogP contribution in [0, 0.1) is 5.82 Å². The Balaban J connectivity index is 2.45. The molecule has 0 saturated heterocycles. The fraction of sp³-hybridized carbons (Fsp3) is 0.333. The second kappa shape index (κ2) is 7.23. The van der Waals surface area contributed by atoms with Crippen molar-refractivity contribution in [3.63, 3.8) is 0 Å². The van der Waals surface area contributed by atoms with Crippen molar-refractivity contribution in [1.29, 1.82) is 0 Å². The first-order valence-electron chi connectivity index (χ1n) is 7.35. The molecule has 2 nitrogen and oxygen atoms in total. The van der Waals surface area contributed by atoms with E-state index in [4.69, 9.17) is 4.74 Å². The number of halogens is 1. The summed E-state index contributed by atoms with van der Waals surface area (Å²) in [5.41, 5.74) is 3.39. The van der Waals surface area contributed by atoms with Crippen molar-refractivity contribution in [2.75, 3.05) is 13.7 Å². The first kappa shape index (κ1) is 15.5. The van der Waals surface area contributed by atoms with E-state index in [1.54, 1.807) is 12.1 Å². The van der Waals surface area contributed by atoms with E-state index < -0.39 is 0 Å². The van der Waals surface area contributed by atoms with E-state index in [2.05, 4.69) is 31.3 Å². The largest absolute Gasteiger partial charge is 0.494 e. The maximum Gasteiger partial charge on any atom is 0.165 e. The fourth-order valence-corrected chi connectivity index (χ4v) is 2.61. The van der Waals surface area contributed by atoms with Crippen LogP contribution in [0.25, 0.3) is 0 Å². The van der Waals surface area contributed by atoms with Gasteiger partial charge in [-0.05, 0) is 41.8 Å². The topological polar surface area (TPSA) is 21.3 Å². The van der Waals surface area contributed by atoms with E-state index >= 15 is 0 Å². The smallest absolute Gasteiger partial charge is 0.165 e. The Hall–Kier alpha value is -1.87. The maximum absolute atomic E-state index is 14.0. The Morgan fingerprint density at radius 3 is 2.52 bits per heavy atom. The third-order valence-electron chi connectivity index (χ3n) is 3.66. The van der Waals surface area contributed by atoms with Gasteiger partial charge in [-0.3, -0.25) is 0 Å². The van der Waals surface area contributed by atoms with Gasteiger partial charge in [0.05, 0.1) is 13.2 Å². The zero-order chi connectivity index (χ0) is 15.2. The number of rotatable bonds is 6. The molecule has 0 spiro atoms. The molecule has 0 saturated carbocycles. The van der Waals surface area contributed by atoms with Crippen LogP contribution < -0.4 is 10.1 Å². The number of hydrogen-bond donors (Lipinski definition) is 1. The highest BCUT2D eigenvalue weighted by Gasteiger charge is 2.17. The van der Waals surface area contributed by atoms with E-state index in [1.807, 2.05) is 18.2 Å². The molecule has 2 rings (SSSR count). The zero-order valence-corrected chi connectivity index (χ0v) is 12.8.